The van der Waals surface area contributed by atoms with E-state index in [9.17, 15) is 9.59 Å². The molecule has 2 aromatic rings. The van der Waals surface area contributed by atoms with Crippen LogP contribution in [0.4, 0.5) is 0 Å². The summed E-state index contributed by atoms with van der Waals surface area (Å²) < 4.78 is 5.35. The van der Waals surface area contributed by atoms with Crippen LogP contribution in [0.5, 0.6) is 5.75 Å². The molecule has 0 radical (unpaired) electrons. The maximum atomic E-state index is 12.4. The van der Waals surface area contributed by atoms with E-state index in [1.54, 1.807) is 36.9 Å². The largest absolute Gasteiger partial charge is 0.496 e. The number of rotatable bonds is 6. The van der Waals surface area contributed by atoms with E-state index in [1.807, 2.05) is 24.5 Å². The third kappa shape index (κ3) is 4.05. The molecule has 0 bridgehead atoms. The fourth-order valence-electron chi connectivity index (χ4n) is 2.08. The van der Waals surface area contributed by atoms with Crippen molar-refractivity contribution in [3.63, 3.8) is 0 Å². The van der Waals surface area contributed by atoms with Crippen LogP contribution in [0, 0.1) is 0 Å². The van der Waals surface area contributed by atoms with Crippen LogP contribution in [0.15, 0.2) is 35.2 Å². The summed E-state index contributed by atoms with van der Waals surface area (Å²) in [5, 5.41) is 8.93. The number of carbonyl (C=O) groups is 2. The molecule has 1 N–H and O–H groups in total. The predicted octanol–water partition coefficient (Wildman–Crippen LogP) is 3.45. The molecule has 1 heterocycles. The van der Waals surface area contributed by atoms with Gasteiger partial charge in [-0.25, -0.2) is 4.79 Å². The number of ether oxygens (including phenoxy) is 1. The lowest BCUT2D eigenvalue weighted by molar-refractivity contribution is 0.0701. The van der Waals surface area contributed by atoms with Gasteiger partial charge in [-0.15, -0.1) is 23.1 Å². The Kier molecular flexibility index (Phi) is 5.68. The van der Waals surface area contributed by atoms with Gasteiger partial charge in [-0.1, -0.05) is 6.07 Å². The highest BCUT2D eigenvalue weighted by molar-refractivity contribution is 7.98. The van der Waals surface area contributed by atoms with Gasteiger partial charge in [-0.05, 0) is 36.1 Å². The van der Waals surface area contributed by atoms with Gasteiger partial charge < -0.3 is 14.7 Å². The summed E-state index contributed by atoms with van der Waals surface area (Å²) in [6.07, 6.45) is 1.98. The van der Waals surface area contributed by atoms with Crippen LogP contribution < -0.4 is 4.74 Å². The number of aromatic carboxylic acids is 1. The quantitative estimate of drug-likeness (QED) is 0.808. The first kappa shape index (κ1) is 17.4. The van der Waals surface area contributed by atoms with Crippen molar-refractivity contribution in [2.45, 2.75) is 11.4 Å². The molecule has 0 saturated carbocycles. The van der Waals surface area contributed by atoms with Gasteiger partial charge in [-0.2, -0.15) is 0 Å². The summed E-state index contributed by atoms with van der Waals surface area (Å²) in [5.74, 6) is -0.440. The summed E-state index contributed by atoms with van der Waals surface area (Å²) >= 11 is 2.58. The highest BCUT2D eigenvalue weighted by atomic mass is 32.2. The first-order chi connectivity index (χ1) is 11.0. The second-order valence-corrected chi connectivity index (χ2v) is 6.75. The molecule has 0 fully saturated rings. The number of methoxy groups -OCH3 is 1. The van der Waals surface area contributed by atoms with Crippen molar-refractivity contribution in [1.82, 2.24) is 4.90 Å². The monoisotopic (exact) mass is 351 g/mol. The van der Waals surface area contributed by atoms with Gasteiger partial charge in [0.05, 0.1) is 12.0 Å². The van der Waals surface area contributed by atoms with Gasteiger partial charge in [0.25, 0.3) is 5.91 Å². The summed E-state index contributed by atoms with van der Waals surface area (Å²) in [6, 6.07) is 8.82. The molecular weight excluding hydrogens is 334 g/mol. The molecule has 0 atom stereocenters. The van der Waals surface area contributed by atoms with Crippen molar-refractivity contribution in [2.75, 3.05) is 20.4 Å². The molecule has 122 valence electrons. The highest BCUT2D eigenvalue weighted by Crippen LogP contribution is 2.29. The second kappa shape index (κ2) is 7.52. The second-order valence-electron chi connectivity index (χ2n) is 4.82. The Morgan fingerprint density at radius 2 is 1.96 bits per heavy atom. The van der Waals surface area contributed by atoms with Gasteiger partial charge in [0.15, 0.2) is 0 Å². The van der Waals surface area contributed by atoms with Gasteiger partial charge in [0.1, 0.15) is 10.6 Å². The number of amides is 1. The van der Waals surface area contributed by atoms with Crippen LogP contribution in [0.3, 0.4) is 0 Å². The van der Waals surface area contributed by atoms with Crippen molar-refractivity contribution in [1.29, 1.82) is 0 Å². The molecule has 0 aliphatic heterocycles. The summed E-state index contributed by atoms with van der Waals surface area (Å²) in [5.41, 5.74) is 0.950. The predicted molar refractivity (Wildman–Crippen MR) is 91.9 cm³/mol. The average Bonchev–Trinajstić information content (AvgIpc) is 3.04. The van der Waals surface area contributed by atoms with Crippen molar-refractivity contribution in [3.8, 4) is 5.75 Å². The first-order valence-electron chi connectivity index (χ1n) is 6.75. The molecule has 0 aliphatic carbocycles. The molecular formula is C16H17NO4S2. The fraction of sp³-hybridized carbons (Fsp3) is 0.250. The molecule has 1 aromatic carbocycles. The van der Waals surface area contributed by atoms with Gasteiger partial charge in [0.2, 0.25) is 0 Å². The Morgan fingerprint density at radius 3 is 2.52 bits per heavy atom. The van der Waals surface area contributed by atoms with Crippen molar-refractivity contribution in [3.05, 3.63) is 45.6 Å². The van der Waals surface area contributed by atoms with E-state index in [-0.39, 0.29) is 10.8 Å². The highest BCUT2D eigenvalue weighted by Gasteiger charge is 2.17. The van der Waals surface area contributed by atoms with Gasteiger partial charge in [-0.3, -0.25) is 4.79 Å². The molecule has 5 nitrogen and oxygen atoms in total. The summed E-state index contributed by atoms with van der Waals surface area (Å²) in [6.45, 7) is 0.421. The maximum Gasteiger partial charge on any atom is 0.345 e. The van der Waals surface area contributed by atoms with Crippen molar-refractivity contribution >= 4 is 35.0 Å². The van der Waals surface area contributed by atoms with E-state index in [4.69, 9.17) is 9.84 Å². The number of nitrogens with zero attached hydrogens (tertiary/aromatic N) is 1. The summed E-state index contributed by atoms with van der Waals surface area (Å²) in [4.78, 5) is 26.4. The Morgan fingerprint density at radius 1 is 1.26 bits per heavy atom. The minimum Gasteiger partial charge on any atom is -0.496 e. The van der Waals surface area contributed by atoms with E-state index < -0.39 is 5.97 Å². The standard InChI is InChI=1S/C16H17NO4S2/c1-17(15(18)13-6-7-14(23-13)16(19)20)9-10-4-5-12(22-3)11(8-10)21-2/h4-8H,9H2,1-3H3,(H,19,20). The number of carboxylic acids is 1. The summed E-state index contributed by atoms with van der Waals surface area (Å²) in [7, 11) is 3.31. The van der Waals surface area contributed by atoms with Gasteiger partial charge >= 0.3 is 5.97 Å². The molecule has 1 amide bonds. The van der Waals surface area contributed by atoms with E-state index in [0.29, 0.717) is 11.4 Å². The number of hydrogen-bond donors (Lipinski definition) is 1. The third-order valence-corrected chi connectivity index (χ3v) is 5.08. The lowest BCUT2D eigenvalue weighted by Crippen LogP contribution is -2.25. The molecule has 0 aliphatic rings. The number of carboxylic acid groups (broad SMARTS) is 1. The van der Waals surface area contributed by atoms with E-state index in [2.05, 4.69) is 0 Å². The lowest BCUT2D eigenvalue weighted by atomic mass is 10.2. The van der Waals surface area contributed by atoms with E-state index in [1.165, 1.54) is 6.07 Å². The third-order valence-electron chi connectivity index (χ3n) is 3.24. The zero-order valence-corrected chi connectivity index (χ0v) is 14.7. The van der Waals surface area contributed by atoms with Crippen LogP contribution in [-0.4, -0.2) is 42.3 Å². The number of benzene rings is 1. The minimum atomic E-state index is -1.02. The Balaban J connectivity index is 2.12. The molecule has 1 aromatic heterocycles. The molecule has 7 heteroatoms. The maximum absolute atomic E-state index is 12.4. The van der Waals surface area contributed by atoms with Crippen LogP contribution in [0.2, 0.25) is 0 Å². The zero-order valence-electron chi connectivity index (χ0n) is 13.0. The number of hydrogen-bond acceptors (Lipinski definition) is 5. The molecule has 2 rings (SSSR count). The lowest BCUT2D eigenvalue weighted by Gasteiger charge is -2.17. The van der Waals surface area contributed by atoms with Crippen LogP contribution in [0.1, 0.15) is 24.9 Å². The smallest absolute Gasteiger partial charge is 0.345 e. The first-order valence-corrected chi connectivity index (χ1v) is 8.80. The Hall–Kier alpha value is -1.99. The van der Waals surface area contributed by atoms with Crippen molar-refractivity contribution < 1.29 is 19.4 Å². The van der Waals surface area contributed by atoms with Crippen molar-refractivity contribution in [2.24, 2.45) is 0 Å². The zero-order chi connectivity index (χ0) is 17.0. The van der Waals surface area contributed by atoms with Gasteiger partial charge in [0, 0.05) is 18.5 Å². The normalized spacial score (nSPS) is 10.4. The molecule has 0 spiro atoms. The molecule has 0 unspecified atom stereocenters. The minimum absolute atomic E-state index is 0.160. The number of thiophene rings is 1. The van der Waals surface area contributed by atoms with Crippen LogP contribution in [-0.2, 0) is 6.54 Å². The topological polar surface area (TPSA) is 66.8 Å². The van der Waals surface area contributed by atoms with Crippen LogP contribution in [0.25, 0.3) is 0 Å². The molecule has 23 heavy (non-hydrogen) atoms. The fourth-order valence-corrected chi connectivity index (χ4v) is 3.47. The average molecular weight is 351 g/mol. The van der Waals surface area contributed by atoms with E-state index in [0.717, 1.165) is 27.5 Å². The number of carbonyl (C=O) groups excluding carboxylic acids is 1. The van der Waals surface area contributed by atoms with Crippen LogP contribution >= 0.6 is 23.1 Å². The SMILES string of the molecule is COc1cc(CN(C)C(=O)c2ccc(C(=O)O)s2)ccc1SC. The number of thioether (sulfide) groups is 1. The molecule has 0 saturated heterocycles. The Bertz CT molecular complexity index is 727. The Labute approximate surface area is 142 Å². The van der Waals surface area contributed by atoms with E-state index >= 15 is 0 Å².